The molecule has 1 unspecified atom stereocenters. The monoisotopic (exact) mass is 442 g/mol. The smallest absolute Gasteiger partial charge is 0.227 e. The van der Waals surface area contributed by atoms with Crippen LogP contribution < -0.4 is 9.64 Å². The Bertz CT molecular complexity index is 730. The van der Waals surface area contributed by atoms with Crippen molar-refractivity contribution in [3.8, 4) is 5.75 Å². The topological polar surface area (TPSA) is 39.3 Å². The first kappa shape index (κ1) is 23.5. The van der Waals surface area contributed by atoms with Crippen LogP contribution in [0.4, 0.5) is 5.69 Å². The second-order valence-electron chi connectivity index (χ2n) is 10.1. The predicted octanol–water partition coefficient (Wildman–Crippen LogP) is 3.46. The van der Waals surface area contributed by atoms with Gasteiger partial charge in [-0.25, -0.2) is 0 Å². The predicted molar refractivity (Wildman–Crippen MR) is 130 cm³/mol. The third-order valence-corrected chi connectivity index (χ3v) is 7.60. The number of amides is 1. The number of hydrogen-bond donors (Lipinski definition) is 0. The normalized spacial score (nSPS) is 25.9. The first-order valence-corrected chi connectivity index (χ1v) is 12.8. The molecule has 0 aliphatic carbocycles. The van der Waals surface area contributed by atoms with Crippen LogP contribution in [0.5, 0.6) is 5.75 Å². The molecule has 6 nitrogen and oxygen atoms in total. The molecule has 3 saturated heterocycles. The number of carbonyl (C=O) groups is 1. The Morgan fingerprint density at radius 1 is 1.03 bits per heavy atom. The Labute approximate surface area is 194 Å². The number of carbonyl (C=O) groups excluding carboxylic acids is 1. The van der Waals surface area contributed by atoms with Gasteiger partial charge in [0.1, 0.15) is 5.75 Å². The lowest BCUT2D eigenvalue weighted by atomic mass is 10.1. The molecule has 3 heterocycles. The molecule has 1 aromatic carbocycles. The van der Waals surface area contributed by atoms with Gasteiger partial charge in [-0.05, 0) is 77.3 Å². The van der Waals surface area contributed by atoms with Gasteiger partial charge in [-0.3, -0.25) is 14.6 Å². The van der Waals surface area contributed by atoms with Crippen molar-refractivity contribution in [1.29, 1.82) is 0 Å². The molecule has 0 aromatic heterocycles. The van der Waals surface area contributed by atoms with E-state index in [0.717, 1.165) is 76.2 Å². The SMILES string of the molecule is CC(C)N1CCN(C[C@@H]2CCC(=O)N2c2ccc(OCCCN3CCCC3C)cc2)CC1. The summed E-state index contributed by atoms with van der Waals surface area (Å²) in [5.41, 5.74) is 1.01. The highest BCUT2D eigenvalue weighted by atomic mass is 16.5. The minimum Gasteiger partial charge on any atom is -0.494 e. The number of anilines is 1. The van der Waals surface area contributed by atoms with Crippen LogP contribution in [0.25, 0.3) is 0 Å². The molecule has 0 spiro atoms. The zero-order valence-electron chi connectivity index (χ0n) is 20.3. The molecule has 0 bridgehead atoms. The summed E-state index contributed by atoms with van der Waals surface area (Å²) in [7, 11) is 0. The average Bonchev–Trinajstić information content (AvgIpc) is 3.37. The fourth-order valence-corrected chi connectivity index (χ4v) is 5.52. The third-order valence-electron chi connectivity index (χ3n) is 7.60. The van der Waals surface area contributed by atoms with Crippen molar-refractivity contribution in [3.63, 3.8) is 0 Å². The van der Waals surface area contributed by atoms with E-state index in [-0.39, 0.29) is 11.9 Å². The summed E-state index contributed by atoms with van der Waals surface area (Å²) in [6, 6.07) is 9.79. The van der Waals surface area contributed by atoms with Gasteiger partial charge in [0.25, 0.3) is 0 Å². The lowest BCUT2D eigenvalue weighted by molar-refractivity contribution is -0.117. The molecule has 0 saturated carbocycles. The molecule has 1 amide bonds. The van der Waals surface area contributed by atoms with Gasteiger partial charge >= 0.3 is 0 Å². The standard InChI is InChI=1S/C26H42N4O2/c1-21(2)28-17-15-27(16-18-28)20-24-9-12-26(31)30(24)23-7-10-25(11-8-23)32-19-5-14-29-13-4-6-22(29)3/h7-8,10-11,21-22,24H,4-6,9,12-20H2,1-3H3/t22?,24-/m0/s1. The number of benzene rings is 1. The molecule has 0 radical (unpaired) electrons. The van der Waals surface area contributed by atoms with Crippen molar-refractivity contribution < 1.29 is 9.53 Å². The van der Waals surface area contributed by atoms with Crippen LogP contribution in [-0.4, -0.2) is 91.2 Å². The summed E-state index contributed by atoms with van der Waals surface area (Å²) in [5.74, 6) is 1.15. The van der Waals surface area contributed by atoms with E-state index in [1.165, 1.54) is 19.4 Å². The van der Waals surface area contributed by atoms with Gasteiger partial charge in [-0.15, -0.1) is 0 Å². The fourth-order valence-electron chi connectivity index (χ4n) is 5.52. The van der Waals surface area contributed by atoms with E-state index in [4.69, 9.17) is 4.74 Å². The van der Waals surface area contributed by atoms with Crippen LogP contribution in [-0.2, 0) is 4.79 Å². The minimum absolute atomic E-state index is 0.254. The highest BCUT2D eigenvalue weighted by molar-refractivity contribution is 5.96. The Balaban J connectivity index is 1.25. The fraction of sp³-hybridized carbons (Fsp3) is 0.731. The molecule has 0 N–H and O–H groups in total. The maximum atomic E-state index is 12.7. The van der Waals surface area contributed by atoms with Crippen LogP contribution in [0, 0.1) is 0 Å². The maximum absolute atomic E-state index is 12.7. The summed E-state index contributed by atoms with van der Waals surface area (Å²) in [6.07, 6.45) is 5.32. The highest BCUT2D eigenvalue weighted by Crippen LogP contribution is 2.29. The molecular formula is C26H42N4O2. The van der Waals surface area contributed by atoms with Crippen molar-refractivity contribution in [3.05, 3.63) is 24.3 Å². The molecule has 178 valence electrons. The quantitative estimate of drug-likeness (QED) is 0.548. The highest BCUT2D eigenvalue weighted by Gasteiger charge is 2.34. The first-order chi connectivity index (χ1) is 15.5. The van der Waals surface area contributed by atoms with Crippen molar-refractivity contribution >= 4 is 11.6 Å². The molecule has 1 aromatic rings. The number of rotatable bonds is 9. The van der Waals surface area contributed by atoms with Crippen LogP contribution in [0.15, 0.2) is 24.3 Å². The summed E-state index contributed by atoms with van der Waals surface area (Å²) >= 11 is 0. The zero-order valence-corrected chi connectivity index (χ0v) is 20.3. The number of piperazine rings is 1. The Kier molecular flexibility index (Phi) is 8.08. The van der Waals surface area contributed by atoms with Crippen LogP contribution in [0.1, 0.15) is 52.9 Å². The van der Waals surface area contributed by atoms with Crippen LogP contribution >= 0.6 is 0 Å². The summed E-state index contributed by atoms with van der Waals surface area (Å²) < 4.78 is 5.98. The van der Waals surface area contributed by atoms with E-state index in [0.29, 0.717) is 12.5 Å². The molecule has 3 fully saturated rings. The summed E-state index contributed by atoms with van der Waals surface area (Å²) in [4.78, 5) is 22.4. The molecule has 4 rings (SSSR count). The lowest BCUT2D eigenvalue weighted by Crippen LogP contribution is -2.52. The number of ether oxygens (including phenoxy) is 1. The third kappa shape index (κ3) is 5.83. The van der Waals surface area contributed by atoms with E-state index in [1.807, 2.05) is 17.0 Å². The molecule has 6 heteroatoms. The Morgan fingerprint density at radius 2 is 1.78 bits per heavy atom. The summed E-state index contributed by atoms with van der Waals surface area (Å²) in [6.45, 7) is 15.4. The first-order valence-electron chi connectivity index (χ1n) is 12.8. The zero-order chi connectivity index (χ0) is 22.5. The van der Waals surface area contributed by atoms with E-state index >= 15 is 0 Å². The molecule has 3 aliphatic heterocycles. The van der Waals surface area contributed by atoms with Crippen molar-refractivity contribution in [2.75, 3.05) is 57.3 Å². The molecule has 3 aliphatic rings. The maximum Gasteiger partial charge on any atom is 0.227 e. The van der Waals surface area contributed by atoms with Crippen molar-refractivity contribution in [1.82, 2.24) is 14.7 Å². The van der Waals surface area contributed by atoms with Crippen LogP contribution in [0.3, 0.4) is 0 Å². The van der Waals surface area contributed by atoms with E-state index in [1.54, 1.807) is 0 Å². The van der Waals surface area contributed by atoms with Gasteiger partial charge in [0, 0.05) is 63.5 Å². The number of hydrogen-bond acceptors (Lipinski definition) is 5. The van der Waals surface area contributed by atoms with Gasteiger partial charge in [-0.1, -0.05) is 0 Å². The van der Waals surface area contributed by atoms with E-state index < -0.39 is 0 Å². The van der Waals surface area contributed by atoms with Crippen LogP contribution in [0.2, 0.25) is 0 Å². The molecule has 32 heavy (non-hydrogen) atoms. The van der Waals surface area contributed by atoms with Gasteiger partial charge < -0.3 is 14.5 Å². The van der Waals surface area contributed by atoms with Gasteiger partial charge in [-0.2, -0.15) is 0 Å². The van der Waals surface area contributed by atoms with Gasteiger partial charge in [0.15, 0.2) is 0 Å². The molecule has 2 atom stereocenters. The van der Waals surface area contributed by atoms with E-state index in [2.05, 4.69) is 47.6 Å². The Morgan fingerprint density at radius 3 is 2.44 bits per heavy atom. The van der Waals surface area contributed by atoms with Gasteiger partial charge in [0.2, 0.25) is 5.91 Å². The second kappa shape index (κ2) is 11.0. The number of likely N-dealkylation sites (tertiary alicyclic amines) is 1. The van der Waals surface area contributed by atoms with Crippen molar-refractivity contribution in [2.24, 2.45) is 0 Å². The van der Waals surface area contributed by atoms with E-state index in [9.17, 15) is 4.79 Å². The van der Waals surface area contributed by atoms with Gasteiger partial charge in [0.05, 0.1) is 12.6 Å². The average molecular weight is 443 g/mol. The van der Waals surface area contributed by atoms with Crippen molar-refractivity contribution in [2.45, 2.75) is 71.0 Å². The second-order valence-corrected chi connectivity index (χ2v) is 10.1. The number of nitrogens with zero attached hydrogens (tertiary/aromatic N) is 4. The largest absolute Gasteiger partial charge is 0.494 e. The molecular weight excluding hydrogens is 400 g/mol. The minimum atomic E-state index is 0.254. The lowest BCUT2D eigenvalue weighted by Gasteiger charge is -2.39. The Hall–Kier alpha value is -1.63. The summed E-state index contributed by atoms with van der Waals surface area (Å²) in [5, 5.41) is 0.